The van der Waals surface area contributed by atoms with E-state index in [0.29, 0.717) is 17.7 Å². The molecule has 0 saturated carbocycles. The number of phenols is 1. The van der Waals surface area contributed by atoms with Crippen LogP contribution in [0.3, 0.4) is 0 Å². The number of esters is 1. The van der Waals surface area contributed by atoms with Gasteiger partial charge in [-0.1, -0.05) is 19.9 Å². The number of hydrogen-bond donors (Lipinski definition) is 2. The highest BCUT2D eigenvalue weighted by Gasteiger charge is 2.36. The van der Waals surface area contributed by atoms with E-state index in [1.165, 1.54) is 11.0 Å². The summed E-state index contributed by atoms with van der Waals surface area (Å²) in [5.74, 6) is -1.27. The maximum atomic E-state index is 12.4. The van der Waals surface area contributed by atoms with E-state index >= 15 is 0 Å². The molecule has 2 rings (SSSR count). The molecule has 1 aromatic carbocycles. The van der Waals surface area contributed by atoms with Crippen molar-refractivity contribution in [1.29, 1.82) is 0 Å². The molecule has 1 aliphatic heterocycles. The lowest BCUT2D eigenvalue weighted by atomic mass is 10.1. The minimum atomic E-state index is -0.920. The average Bonchev–Trinajstić information content (AvgIpc) is 2.84. The maximum Gasteiger partial charge on any atom is 0.305 e. The Kier molecular flexibility index (Phi) is 5.43. The van der Waals surface area contributed by atoms with Crippen LogP contribution in [-0.4, -0.2) is 40.4 Å². The van der Waals surface area contributed by atoms with Crippen LogP contribution in [0.4, 0.5) is 0 Å². The Labute approximate surface area is 140 Å². The maximum absolute atomic E-state index is 12.4. The van der Waals surface area contributed by atoms with Gasteiger partial charge in [-0.05, 0) is 24.5 Å². The number of benzene rings is 1. The Balaban J connectivity index is 2.05. The Hall–Kier alpha value is -2.57. The van der Waals surface area contributed by atoms with Crippen molar-refractivity contribution in [3.63, 3.8) is 0 Å². The summed E-state index contributed by atoms with van der Waals surface area (Å²) in [5, 5.41) is 9.86. The van der Waals surface area contributed by atoms with Crippen LogP contribution >= 0.6 is 0 Å². The topological polar surface area (TPSA) is 110 Å². The largest absolute Gasteiger partial charge is 0.508 e. The van der Waals surface area contributed by atoms with Crippen molar-refractivity contribution >= 4 is 17.8 Å². The van der Waals surface area contributed by atoms with Gasteiger partial charge in [-0.2, -0.15) is 0 Å². The molecule has 0 spiro atoms. The fourth-order valence-corrected chi connectivity index (χ4v) is 2.63. The first-order valence-corrected chi connectivity index (χ1v) is 7.88. The van der Waals surface area contributed by atoms with Gasteiger partial charge < -0.3 is 20.5 Å². The summed E-state index contributed by atoms with van der Waals surface area (Å²) in [7, 11) is 0. The van der Waals surface area contributed by atoms with E-state index in [2.05, 4.69) is 0 Å². The summed E-state index contributed by atoms with van der Waals surface area (Å²) >= 11 is 0. The average molecular weight is 334 g/mol. The standard InChI is InChI=1S/C17H22N2O5/c1-10(2)9-24-15(21)7-6-13(16(18)22)19-8-12-11(17(19)23)4-3-5-14(12)20/h3-5,10,13,20H,6-9H2,1-2H3,(H2,18,22). The normalized spacial score (nSPS) is 14.6. The second kappa shape index (κ2) is 7.33. The van der Waals surface area contributed by atoms with Gasteiger partial charge in [-0.15, -0.1) is 0 Å². The molecular weight excluding hydrogens is 312 g/mol. The number of phenolic OH excluding ortho intramolecular Hbond substituents is 1. The minimum absolute atomic E-state index is 0.00270. The molecule has 7 heteroatoms. The number of fused-ring (bicyclic) bond motifs is 1. The molecule has 3 N–H and O–H groups in total. The third-order valence-corrected chi connectivity index (χ3v) is 3.88. The molecule has 0 bridgehead atoms. The zero-order valence-corrected chi connectivity index (χ0v) is 13.8. The molecule has 0 saturated heterocycles. The van der Waals surface area contributed by atoms with Crippen LogP contribution in [0.15, 0.2) is 18.2 Å². The first-order valence-electron chi connectivity index (χ1n) is 7.88. The van der Waals surface area contributed by atoms with Crippen LogP contribution < -0.4 is 5.73 Å². The molecular formula is C17H22N2O5. The van der Waals surface area contributed by atoms with E-state index in [-0.39, 0.29) is 37.0 Å². The Morgan fingerprint density at radius 1 is 1.38 bits per heavy atom. The van der Waals surface area contributed by atoms with Crippen LogP contribution in [0.1, 0.15) is 42.6 Å². The Bertz CT molecular complexity index is 656. The number of ether oxygens (including phenoxy) is 1. The number of hydrogen-bond acceptors (Lipinski definition) is 5. The molecule has 1 atom stereocenters. The first-order chi connectivity index (χ1) is 11.3. The van der Waals surface area contributed by atoms with Crippen molar-refractivity contribution in [3.8, 4) is 5.75 Å². The van der Waals surface area contributed by atoms with Gasteiger partial charge in [0.1, 0.15) is 11.8 Å². The van der Waals surface area contributed by atoms with E-state index in [9.17, 15) is 19.5 Å². The molecule has 0 aliphatic carbocycles. The number of amides is 2. The molecule has 1 aliphatic rings. The molecule has 1 unspecified atom stereocenters. The van der Waals surface area contributed by atoms with Crippen LogP contribution in [0.25, 0.3) is 0 Å². The van der Waals surface area contributed by atoms with E-state index in [1.807, 2.05) is 13.8 Å². The van der Waals surface area contributed by atoms with Crippen molar-refractivity contribution in [3.05, 3.63) is 29.3 Å². The molecule has 1 aromatic rings. The van der Waals surface area contributed by atoms with Crippen molar-refractivity contribution in [2.45, 2.75) is 39.3 Å². The number of carbonyl (C=O) groups is 3. The third-order valence-electron chi connectivity index (χ3n) is 3.88. The van der Waals surface area contributed by atoms with E-state index in [0.717, 1.165) is 0 Å². The summed E-state index contributed by atoms with van der Waals surface area (Å²) in [4.78, 5) is 37.2. The lowest BCUT2D eigenvalue weighted by molar-refractivity contribution is -0.145. The molecule has 7 nitrogen and oxygen atoms in total. The van der Waals surface area contributed by atoms with Crippen molar-refractivity contribution in [1.82, 2.24) is 4.90 Å². The number of carbonyl (C=O) groups excluding carboxylic acids is 3. The van der Waals surface area contributed by atoms with Crippen LogP contribution in [-0.2, 0) is 20.9 Å². The highest BCUT2D eigenvalue weighted by atomic mass is 16.5. The zero-order chi connectivity index (χ0) is 17.9. The molecule has 130 valence electrons. The van der Waals surface area contributed by atoms with Gasteiger partial charge in [0, 0.05) is 17.5 Å². The van der Waals surface area contributed by atoms with Gasteiger partial charge in [0.15, 0.2) is 0 Å². The van der Waals surface area contributed by atoms with Gasteiger partial charge in [-0.3, -0.25) is 14.4 Å². The SMILES string of the molecule is CC(C)COC(=O)CCC(C(N)=O)N1Cc2c(O)cccc2C1=O. The predicted octanol–water partition coefficient (Wildman–Crippen LogP) is 1.18. The summed E-state index contributed by atoms with van der Waals surface area (Å²) < 4.78 is 5.07. The predicted molar refractivity (Wildman–Crippen MR) is 86.0 cm³/mol. The smallest absolute Gasteiger partial charge is 0.305 e. The third kappa shape index (κ3) is 3.84. The second-order valence-electron chi connectivity index (χ2n) is 6.27. The number of nitrogens with two attached hydrogens (primary N) is 1. The molecule has 2 amide bonds. The van der Waals surface area contributed by atoms with Gasteiger partial charge >= 0.3 is 5.97 Å². The number of rotatable bonds is 7. The van der Waals surface area contributed by atoms with Crippen molar-refractivity contribution < 1.29 is 24.2 Å². The fourth-order valence-electron chi connectivity index (χ4n) is 2.63. The fraction of sp³-hybridized carbons (Fsp3) is 0.471. The van der Waals surface area contributed by atoms with Gasteiger partial charge in [0.25, 0.3) is 5.91 Å². The van der Waals surface area contributed by atoms with Crippen molar-refractivity contribution in [2.75, 3.05) is 6.61 Å². The lowest BCUT2D eigenvalue weighted by Crippen LogP contribution is -2.45. The van der Waals surface area contributed by atoms with E-state index in [1.54, 1.807) is 12.1 Å². The number of nitrogens with zero attached hydrogens (tertiary/aromatic N) is 1. The summed E-state index contributed by atoms with van der Waals surface area (Å²) in [6.45, 7) is 4.25. The molecule has 1 heterocycles. The molecule has 0 aromatic heterocycles. The van der Waals surface area contributed by atoms with Crippen LogP contribution in [0.2, 0.25) is 0 Å². The summed E-state index contributed by atoms with van der Waals surface area (Å²) in [6, 6.07) is 3.72. The summed E-state index contributed by atoms with van der Waals surface area (Å²) in [5.41, 5.74) is 6.23. The zero-order valence-electron chi connectivity index (χ0n) is 13.8. The molecule has 24 heavy (non-hydrogen) atoms. The monoisotopic (exact) mass is 334 g/mol. The van der Waals surface area contributed by atoms with E-state index < -0.39 is 17.9 Å². The Morgan fingerprint density at radius 2 is 2.08 bits per heavy atom. The van der Waals surface area contributed by atoms with Gasteiger partial charge in [-0.25, -0.2) is 0 Å². The lowest BCUT2D eigenvalue weighted by Gasteiger charge is -2.24. The quantitative estimate of drug-likeness (QED) is 0.728. The number of aromatic hydroxyl groups is 1. The van der Waals surface area contributed by atoms with E-state index in [4.69, 9.17) is 10.5 Å². The first kappa shape index (κ1) is 17.8. The van der Waals surface area contributed by atoms with Gasteiger partial charge in [0.05, 0.1) is 13.2 Å². The highest BCUT2D eigenvalue weighted by molar-refractivity contribution is 6.01. The van der Waals surface area contributed by atoms with Crippen LogP contribution in [0, 0.1) is 5.92 Å². The Morgan fingerprint density at radius 3 is 2.67 bits per heavy atom. The number of primary amides is 1. The van der Waals surface area contributed by atoms with Gasteiger partial charge in [0.2, 0.25) is 5.91 Å². The summed E-state index contributed by atoms with van der Waals surface area (Å²) in [6.07, 6.45) is 0.0825. The second-order valence-corrected chi connectivity index (χ2v) is 6.27. The van der Waals surface area contributed by atoms with Crippen molar-refractivity contribution in [2.24, 2.45) is 11.7 Å². The minimum Gasteiger partial charge on any atom is -0.508 e. The van der Waals surface area contributed by atoms with Crippen LogP contribution in [0.5, 0.6) is 5.75 Å². The molecule has 0 fully saturated rings. The highest BCUT2D eigenvalue weighted by Crippen LogP contribution is 2.31. The molecule has 0 radical (unpaired) electrons.